The number of hydrogen-bond acceptors (Lipinski definition) is 3. The van der Waals surface area contributed by atoms with Crippen molar-refractivity contribution < 1.29 is 15.0 Å². The first-order valence-corrected chi connectivity index (χ1v) is 6.29. The molecular formula is C14H19NO3. The lowest BCUT2D eigenvalue weighted by Gasteiger charge is -2.34. The van der Waals surface area contributed by atoms with Crippen LogP contribution in [0.15, 0.2) is 24.3 Å². The average Bonchev–Trinajstić information content (AvgIpc) is 2.34. The van der Waals surface area contributed by atoms with Gasteiger partial charge in [0, 0.05) is 19.6 Å². The third kappa shape index (κ3) is 2.89. The molecule has 4 nitrogen and oxygen atoms in total. The van der Waals surface area contributed by atoms with Crippen molar-refractivity contribution in [1.82, 2.24) is 4.90 Å². The number of rotatable bonds is 3. The van der Waals surface area contributed by atoms with Gasteiger partial charge in [0.25, 0.3) is 0 Å². The van der Waals surface area contributed by atoms with E-state index in [9.17, 15) is 9.90 Å². The Labute approximate surface area is 107 Å². The fourth-order valence-corrected chi connectivity index (χ4v) is 2.47. The molecular weight excluding hydrogens is 230 g/mol. The van der Waals surface area contributed by atoms with Crippen molar-refractivity contribution in [2.24, 2.45) is 5.92 Å². The van der Waals surface area contributed by atoms with Gasteiger partial charge in [0.1, 0.15) is 0 Å². The zero-order valence-corrected chi connectivity index (χ0v) is 10.5. The van der Waals surface area contributed by atoms with Gasteiger partial charge in [0.15, 0.2) is 0 Å². The Morgan fingerprint density at radius 3 is 2.83 bits per heavy atom. The summed E-state index contributed by atoms with van der Waals surface area (Å²) in [6.07, 6.45) is 0.534. The van der Waals surface area contributed by atoms with Gasteiger partial charge >= 0.3 is 5.97 Å². The minimum Gasteiger partial charge on any atom is -0.478 e. The number of carbonyl (C=O) groups is 1. The first-order valence-electron chi connectivity index (χ1n) is 6.29. The van der Waals surface area contributed by atoms with Gasteiger partial charge in [0.2, 0.25) is 0 Å². The van der Waals surface area contributed by atoms with Gasteiger partial charge in [-0.3, -0.25) is 4.90 Å². The third-order valence-electron chi connectivity index (χ3n) is 3.59. The van der Waals surface area contributed by atoms with Crippen LogP contribution in [-0.2, 0) is 6.54 Å². The van der Waals surface area contributed by atoms with E-state index in [-0.39, 0.29) is 12.0 Å². The number of carboxylic acids is 1. The van der Waals surface area contributed by atoms with Crippen molar-refractivity contribution >= 4 is 5.97 Å². The zero-order valence-electron chi connectivity index (χ0n) is 10.5. The molecule has 4 heteroatoms. The molecule has 0 aromatic heterocycles. The molecule has 1 fully saturated rings. The first-order chi connectivity index (χ1) is 8.58. The molecule has 2 rings (SSSR count). The van der Waals surface area contributed by atoms with Gasteiger partial charge < -0.3 is 10.2 Å². The highest BCUT2D eigenvalue weighted by Crippen LogP contribution is 2.20. The summed E-state index contributed by atoms with van der Waals surface area (Å²) in [5, 5.41) is 18.8. The lowest BCUT2D eigenvalue weighted by atomic mass is 9.96. The molecule has 1 aromatic carbocycles. The lowest BCUT2D eigenvalue weighted by molar-refractivity contribution is 0.0317. The van der Waals surface area contributed by atoms with E-state index in [1.165, 1.54) is 0 Å². The average molecular weight is 249 g/mol. The first kappa shape index (κ1) is 13.1. The number of hydrogen-bond donors (Lipinski definition) is 2. The molecule has 0 spiro atoms. The van der Waals surface area contributed by atoms with Gasteiger partial charge in [-0.2, -0.15) is 0 Å². The highest BCUT2D eigenvalue weighted by molar-refractivity contribution is 5.89. The van der Waals surface area contributed by atoms with Gasteiger partial charge in [-0.05, 0) is 24.0 Å². The number of likely N-dealkylation sites (tertiary alicyclic amines) is 1. The van der Waals surface area contributed by atoms with Crippen LogP contribution in [-0.4, -0.2) is 40.3 Å². The van der Waals surface area contributed by atoms with Crippen LogP contribution in [0.25, 0.3) is 0 Å². The molecule has 0 aliphatic carbocycles. The summed E-state index contributed by atoms with van der Waals surface area (Å²) in [5.41, 5.74) is 1.21. The second kappa shape index (κ2) is 5.50. The summed E-state index contributed by atoms with van der Waals surface area (Å²) in [6, 6.07) is 7.11. The molecule has 2 N–H and O–H groups in total. The fourth-order valence-electron chi connectivity index (χ4n) is 2.47. The molecule has 98 valence electrons. The molecule has 1 aromatic rings. The largest absolute Gasteiger partial charge is 0.478 e. The van der Waals surface area contributed by atoms with E-state index < -0.39 is 5.97 Å². The predicted octanol–water partition coefficient (Wildman–Crippen LogP) is 1.59. The van der Waals surface area contributed by atoms with Crippen LogP contribution in [0.3, 0.4) is 0 Å². The molecule has 0 bridgehead atoms. The van der Waals surface area contributed by atoms with E-state index in [1.807, 2.05) is 19.1 Å². The van der Waals surface area contributed by atoms with E-state index in [4.69, 9.17) is 5.11 Å². The third-order valence-corrected chi connectivity index (χ3v) is 3.59. The Hall–Kier alpha value is -1.39. The molecule has 0 amide bonds. The van der Waals surface area contributed by atoms with Crippen LogP contribution in [0, 0.1) is 5.92 Å². The second-order valence-electron chi connectivity index (χ2n) is 5.03. The van der Waals surface area contributed by atoms with E-state index in [0.717, 1.165) is 25.1 Å². The number of aliphatic hydroxyl groups excluding tert-OH is 1. The quantitative estimate of drug-likeness (QED) is 0.854. The Morgan fingerprint density at radius 1 is 1.44 bits per heavy atom. The van der Waals surface area contributed by atoms with Crippen LogP contribution in [0.5, 0.6) is 0 Å². The van der Waals surface area contributed by atoms with E-state index >= 15 is 0 Å². The number of aromatic carboxylic acids is 1. The summed E-state index contributed by atoms with van der Waals surface area (Å²) in [5.74, 6) is -0.633. The van der Waals surface area contributed by atoms with Crippen molar-refractivity contribution in [1.29, 1.82) is 0 Å². The SMILES string of the molecule is CC1CN(Cc2ccccc2C(=O)O)CCC1O. The maximum atomic E-state index is 11.1. The second-order valence-corrected chi connectivity index (χ2v) is 5.03. The Morgan fingerprint density at radius 2 is 2.17 bits per heavy atom. The van der Waals surface area contributed by atoms with Crippen molar-refractivity contribution in [3.63, 3.8) is 0 Å². The molecule has 0 saturated carbocycles. The molecule has 2 unspecified atom stereocenters. The topological polar surface area (TPSA) is 60.8 Å². The Bertz CT molecular complexity index is 433. The van der Waals surface area contributed by atoms with Crippen molar-refractivity contribution in [2.45, 2.75) is 26.0 Å². The molecule has 1 saturated heterocycles. The highest BCUT2D eigenvalue weighted by Gasteiger charge is 2.24. The number of benzene rings is 1. The van der Waals surface area contributed by atoms with Gasteiger partial charge in [-0.15, -0.1) is 0 Å². The van der Waals surface area contributed by atoms with Crippen LogP contribution in [0.1, 0.15) is 29.3 Å². The number of piperidine rings is 1. The summed E-state index contributed by atoms with van der Waals surface area (Å²) in [7, 11) is 0. The van der Waals surface area contributed by atoms with E-state index in [1.54, 1.807) is 12.1 Å². The fraction of sp³-hybridized carbons (Fsp3) is 0.500. The summed E-state index contributed by atoms with van der Waals surface area (Å²) in [6.45, 7) is 4.30. The van der Waals surface area contributed by atoms with Crippen molar-refractivity contribution in [2.75, 3.05) is 13.1 Å². The number of carboxylic acid groups (broad SMARTS) is 1. The highest BCUT2D eigenvalue weighted by atomic mass is 16.4. The van der Waals surface area contributed by atoms with E-state index in [0.29, 0.717) is 12.1 Å². The normalized spacial score (nSPS) is 25.0. The Balaban J connectivity index is 2.08. The van der Waals surface area contributed by atoms with Crippen LogP contribution in [0.2, 0.25) is 0 Å². The van der Waals surface area contributed by atoms with E-state index in [2.05, 4.69) is 4.90 Å². The molecule has 18 heavy (non-hydrogen) atoms. The number of aliphatic hydroxyl groups is 1. The van der Waals surface area contributed by atoms with Crippen molar-refractivity contribution in [3.05, 3.63) is 35.4 Å². The Kier molecular flexibility index (Phi) is 3.99. The monoisotopic (exact) mass is 249 g/mol. The number of nitrogens with zero attached hydrogens (tertiary/aromatic N) is 1. The summed E-state index contributed by atoms with van der Waals surface area (Å²) in [4.78, 5) is 13.3. The summed E-state index contributed by atoms with van der Waals surface area (Å²) >= 11 is 0. The molecule has 1 heterocycles. The summed E-state index contributed by atoms with van der Waals surface area (Å²) < 4.78 is 0. The minimum absolute atomic E-state index is 0.226. The lowest BCUT2D eigenvalue weighted by Crippen LogP contribution is -2.41. The van der Waals surface area contributed by atoms with Crippen LogP contribution >= 0.6 is 0 Å². The van der Waals surface area contributed by atoms with Crippen LogP contribution < -0.4 is 0 Å². The van der Waals surface area contributed by atoms with Crippen molar-refractivity contribution in [3.8, 4) is 0 Å². The minimum atomic E-state index is -0.879. The molecule has 0 radical (unpaired) electrons. The standard InChI is InChI=1S/C14H19NO3/c1-10-8-15(7-6-13(10)16)9-11-4-2-3-5-12(11)14(17)18/h2-5,10,13,16H,6-9H2,1H3,(H,17,18). The molecule has 1 aliphatic heterocycles. The maximum absolute atomic E-state index is 11.1. The van der Waals surface area contributed by atoms with Crippen LogP contribution in [0.4, 0.5) is 0 Å². The predicted molar refractivity (Wildman–Crippen MR) is 68.5 cm³/mol. The molecule has 2 atom stereocenters. The molecule has 1 aliphatic rings. The van der Waals surface area contributed by atoms with Gasteiger partial charge in [0.05, 0.1) is 11.7 Å². The van der Waals surface area contributed by atoms with Gasteiger partial charge in [-0.1, -0.05) is 25.1 Å². The van der Waals surface area contributed by atoms with Gasteiger partial charge in [-0.25, -0.2) is 4.79 Å². The maximum Gasteiger partial charge on any atom is 0.336 e. The zero-order chi connectivity index (χ0) is 13.1. The smallest absolute Gasteiger partial charge is 0.336 e.